The molecule has 1 atom stereocenters. The molecule has 0 radical (unpaired) electrons. The van der Waals surface area contributed by atoms with E-state index in [-0.39, 0.29) is 18.7 Å². The summed E-state index contributed by atoms with van der Waals surface area (Å²) in [5.74, 6) is -0.367. The van der Waals surface area contributed by atoms with Crippen LogP contribution < -0.4 is 5.30 Å². The monoisotopic (exact) mass is 244 g/mol. The summed E-state index contributed by atoms with van der Waals surface area (Å²) < 4.78 is 4.90. The van der Waals surface area contributed by atoms with Crippen LogP contribution in [0.25, 0.3) is 0 Å². The molecule has 1 aromatic rings. The van der Waals surface area contributed by atoms with Crippen LogP contribution in [-0.2, 0) is 21.3 Å². The predicted octanol–water partition coefficient (Wildman–Crippen LogP) is 1.26. The Kier molecular flexibility index (Phi) is 4.45. The van der Waals surface area contributed by atoms with Crippen LogP contribution in [-0.4, -0.2) is 23.8 Å². The Morgan fingerprint density at radius 2 is 2.07 bits per heavy atom. The Balaban J connectivity index is 2.86. The van der Waals surface area contributed by atoms with Gasteiger partial charge in [0, 0.05) is 13.0 Å². The molecule has 1 aromatic carbocycles. The molecule has 3 nitrogen and oxygen atoms in total. The van der Waals surface area contributed by atoms with Crippen molar-refractivity contribution in [3.8, 4) is 0 Å². The Hall–Kier alpha value is -0.700. The minimum absolute atomic E-state index is 0.123. The van der Waals surface area contributed by atoms with Gasteiger partial charge in [0.2, 0.25) is 0 Å². The number of rotatable bonds is 4. The Morgan fingerprint density at radius 3 is 2.53 bits per heavy atom. The van der Waals surface area contributed by atoms with Gasteiger partial charge in [-0.2, -0.15) is 0 Å². The molecule has 15 heavy (non-hydrogen) atoms. The Morgan fingerprint density at radius 1 is 1.47 bits per heavy atom. The number of hydrogen-bond donors (Lipinski definition) is 1. The number of hydrogen-bond acceptors (Lipinski definition) is 4. The van der Waals surface area contributed by atoms with Crippen molar-refractivity contribution >= 4 is 29.1 Å². The molecular weight excluding hydrogens is 231 g/mol. The van der Waals surface area contributed by atoms with E-state index >= 15 is 0 Å². The Labute approximate surface area is 94.1 Å². The van der Waals surface area contributed by atoms with Crippen molar-refractivity contribution in [1.82, 2.24) is 0 Å². The maximum atomic E-state index is 10.7. The summed E-state index contributed by atoms with van der Waals surface area (Å²) in [5.41, 5.74) is 0. The molecular formula is C10H13O3PS. The largest absolute Gasteiger partial charge is 0.460 e. The van der Waals surface area contributed by atoms with Crippen molar-refractivity contribution in [3.05, 3.63) is 30.3 Å². The minimum atomic E-state index is -2.16. The SMILES string of the molecule is CC(=O)OCP(=S)(CO)c1ccccc1. The number of benzene rings is 1. The molecule has 0 aliphatic carbocycles. The van der Waals surface area contributed by atoms with Crippen molar-refractivity contribution in [2.24, 2.45) is 0 Å². The van der Waals surface area contributed by atoms with Gasteiger partial charge in [0.25, 0.3) is 0 Å². The quantitative estimate of drug-likeness (QED) is 0.640. The van der Waals surface area contributed by atoms with E-state index in [0.717, 1.165) is 5.30 Å². The zero-order valence-corrected chi connectivity index (χ0v) is 10.1. The van der Waals surface area contributed by atoms with E-state index in [0.29, 0.717) is 0 Å². The first-order chi connectivity index (χ1) is 7.08. The second-order valence-electron chi connectivity index (χ2n) is 3.13. The van der Waals surface area contributed by atoms with Gasteiger partial charge in [-0.1, -0.05) is 42.1 Å². The van der Waals surface area contributed by atoms with Gasteiger partial charge in [-0.25, -0.2) is 0 Å². The van der Waals surface area contributed by atoms with Crippen LogP contribution in [0, 0.1) is 0 Å². The van der Waals surface area contributed by atoms with Crippen LogP contribution in [0.4, 0.5) is 0 Å². The van der Waals surface area contributed by atoms with E-state index in [4.69, 9.17) is 16.5 Å². The van der Waals surface area contributed by atoms with Crippen LogP contribution in [0.2, 0.25) is 0 Å². The van der Waals surface area contributed by atoms with Gasteiger partial charge in [0.15, 0.2) is 0 Å². The second-order valence-corrected chi connectivity index (χ2v) is 8.06. The summed E-state index contributed by atoms with van der Waals surface area (Å²) in [6, 6.07) is 7.17. The summed E-state index contributed by atoms with van der Waals surface area (Å²) >= 11 is 5.37. The highest BCUT2D eigenvalue weighted by molar-refractivity contribution is 8.18. The van der Waals surface area contributed by atoms with Gasteiger partial charge in [-0.3, -0.25) is 4.79 Å². The lowest BCUT2D eigenvalue weighted by atomic mass is 10.4. The molecule has 1 N–H and O–H groups in total. The molecule has 0 aliphatic heterocycles. The third-order valence-electron chi connectivity index (χ3n) is 1.93. The molecule has 0 bridgehead atoms. The molecule has 1 rings (SSSR count). The van der Waals surface area contributed by atoms with Crippen molar-refractivity contribution in [2.45, 2.75) is 6.92 Å². The highest BCUT2D eigenvalue weighted by Crippen LogP contribution is 2.43. The molecule has 0 fully saturated rings. The van der Waals surface area contributed by atoms with E-state index in [9.17, 15) is 9.90 Å². The molecule has 0 amide bonds. The molecule has 0 aromatic heterocycles. The highest BCUT2D eigenvalue weighted by atomic mass is 32.4. The molecule has 0 aliphatic rings. The van der Waals surface area contributed by atoms with Crippen molar-refractivity contribution in [2.75, 3.05) is 12.7 Å². The first-order valence-corrected chi connectivity index (χ1v) is 7.64. The number of aliphatic hydroxyl groups is 1. The van der Waals surface area contributed by atoms with Gasteiger partial charge in [0.05, 0.1) is 6.35 Å². The zero-order valence-electron chi connectivity index (χ0n) is 8.42. The van der Waals surface area contributed by atoms with E-state index in [1.54, 1.807) is 0 Å². The van der Waals surface area contributed by atoms with Gasteiger partial charge in [0.1, 0.15) is 6.35 Å². The third-order valence-corrected chi connectivity index (χ3v) is 5.47. The molecule has 0 heterocycles. The van der Waals surface area contributed by atoms with E-state index in [1.807, 2.05) is 30.3 Å². The van der Waals surface area contributed by atoms with Crippen LogP contribution >= 0.6 is 6.04 Å². The summed E-state index contributed by atoms with van der Waals surface area (Å²) in [6.45, 7) is 1.34. The van der Waals surface area contributed by atoms with Crippen LogP contribution in [0.15, 0.2) is 30.3 Å². The number of esters is 1. The van der Waals surface area contributed by atoms with Crippen LogP contribution in [0.3, 0.4) is 0 Å². The number of carbonyl (C=O) groups excluding carboxylic acids is 1. The van der Waals surface area contributed by atoms with E-state index < -0.39 is 6.04 Å². The summed E-state index contributed by atoms with van der Waals surface area (Å²) in [5, 5.41) is 10.2. The average Bonchev–Trinajstić information content (AvgIpc) is 2.27. The van der Waals surface area contributed by atoms with Crippen molar-refractivity contribution in [1.29, 1.82) is 0 Å². The smallest absolute Gasteiger partial charge is 0.303 e. The predicted molar refractivity (Wildman–Crippen MR) is 64.1 cm³/mol. The van der Waals surface area contributed by atoms with Gasteiger partial charge in [-0.15, -0.1) is 0 Å². The maximum absolute atomic E-state index is 10.7. The lowest BCUT2D eigenvalue weighted by Gasteiger charge is -2.19. The fraction of sp³-hybridized carbons (Fsp3) is 0.300. The first kappa shape index (κ1) is 12.4. The molecule has 0 saturated heterocycles. The third kappa shape index (κ3) is 3.42. The lowest BCUT2D eigenvalue weighted by molar-refractivity contribution is -0.138. The van der Waals surface area contributed by atoms with Gasteiger partial charge in [-0.05, 0) is 5.30 Å². The van der Waals surface area contributed by atoms with Crippen LogP contribution in [0.5, 0.6) is 0 Å². The standard InChI is InChI=1S/C10H13O3PS/c1-9(12)13-8-14(15,7-11)10-5-3-2-4-6-10/h2-6,11H,7-8H2,1H3. The fourth-order valence-electron chi connectivity index (χ4n) is 1.09. The Bertz CT molecular complexity index is 378. The topological polar surface area (TPSA) is 46.5 Å². The first-order valence-electron chi connectivity index (χ1n) is 4.46. The minimum Gasteiger partial charge on any atom is -0.460 e. The molecule has 0 spiro atoms. The molecule has 1 unspecified atom stereocenters. The normalized spacial score (nSPS) is 14.3. The zero-order chi connectivity index (χ0) is 11.3. The molecule has 82 valence electrons. The van der Waals surface area contributed by atoms with Gasteiger partial charge >= 0.3 is 5.97 Å². The van der Waals surface area contributed by atoms with E-state index in [2.05, 4.69) is 0 Å². The lowest BCUT2D eigenvalue weighted by Crippen LogP contribution is -2.13. The number of ether oxygens (including phenoxy) is 1. The maximum Gasteiger partial charge on any atom is 0.303 e. The summed E-state index contributed by atoms with van der Waals surface area (Å²) in [4.78, 5) is 10.7. The van der Waals surface area contributed by atoms with Crippen LogP contribution in [0.1, 0.15) is 6.92 Å². The molecule has 0 saturated carbocycles. The number of aliphatic hydroxyl groups excluding tert-OH is 1. The second kappa shape index (κ2) is 5.40. The fourth-order valence-corrected chi connectivity index (χ4v) is 3.11. The van der Waals surface area contributed by atoms with Gasteiger partial charge < -0.3 is 9.84 Å². The summed E-state index contributed by atoms with van der Waals surface area (Å²) in [6.07, 6.45) is -0.00218. The average molecular weight is 244 g/mol. The van der Waals surface area contributed by atoms with E-state index in [1.165, 1.54) is 6.92 Å². The van der Waals surface area contributed by atoms with Crippen molar-refractivity contribution in [3.63, 3.8) is 0 Å². The highest BCUT2D eigenvalue weighted by Gasteiger charge is 2.19. The molecule has 5 heteroatoms. The summed E-state index contributed by atoms with van der Waals surface area (Å²) in [7, 11) is 0. The van der Waals surface area contributed by atoms with Crippen molar-refractivity contribution < 1.29 is 14.6 Å². The number of carbonyl (C=O) groups is 1.